The fourth-order valence-electron chi connectivity index (χ4n) is 2.68. The minimum absolute atomic E-state index is 0.0142. The van der Waals surface area contributed by atoms with Gasteiger partial charge in [-0.3, -0.25) is 9.59 Å². The summed E-state index contributed by atoms with van der Waals surface area (Å²) in [4.78, 5) is 27.7. The van der Waals surface area contributed by atoms with Crippen molar-refractivity contribution in [3.63, 3.8) is 0 Å². The van der Waals surface area contributed by atoms with Crippen molar-refractivity contribution in [1.29, 1.82) is 0 Å². The molecule has 3 rings (SSSR count). The number of nitrogens with one attached hydrogen (secondary N) is 2. The van der Waals surface area contributed by atoms with Gasteiger partial charge in [0.1, 0.15) is 5.01 Å². The van der Waals surface area contributed by atoms with E-state index in [0.717, 1.165) is 26.5 Å². The van der Waals surface area contributed by atoms with Crippen LogP contribution in [0.4, 0.5) is 5.69 Å². The Morgan fingerprint density at radius 1 is 1.12 bits per heavy atom. The molecule has 2 aromatic carbocycles. The summed E-state index contributed by atoms with van der Waals surface area (Å²) in [5, 5.41) is 6.63. The van der Waals surface area contributed by atoms with Crippen LogP contribution in [0.3, 0.4) is 0 Å². The molecule has 0 saturated heterocycles. The molecule has 6 heteroatoms. The lowest BCUT2D eigenvalue weighted by Gasteiger charge is -2.12. The fourth-order valence-corrected chi connectivity index (χ4v) is 3.65. The minimum atomic E-state index is -0.0802. The molecule has 0 aliphatic rings. The van der Waals surface area contributed by atoms with E-state index in [0.29, 0.717) is 12.8 Å². The third-order valence-corrected chi connectivity index (χ3v) is 5.05. The summed E-state index contributed by atoms with van der Waals surface area (Å²) in [6, 6.07) is 15.7. The number of fused-ring (bicyclic) bond motifs is 1. The van der Waals surface area contributed by atoms with Gasteiger partial charge in [-0.2, -0.15) is 0 Å². The third kappa shape index (κ3) is 4.67. The van der Waals surface area contributed by atoms with Crippen molar-refractivity contribution in [2.45, 2.75) is 32.7 Å². The van der Waals surface area contributed by atoms with Gasteiger partial charge in [-0.25, -0.2) is 4.98 Å². The summed E-state index contributed by atoms with van der Waals surface area (Å²) in [6.07, 6.45) is 0.969. The Balaban J connectivity index is 1.59. The van der Waals surface area contributed by atoms with Crippen LogP contribution in [-0.2, 0) is 9.59 Å². The molecule has 0 aliphatic carbocycles. The lowest BCUT2D eigenvalue weighted by atomic mass is 10.1. The standard InChI is InChI=1S/C20H21N3O2S/c1-13(21-14(2)24)7-12-19(25)22-16-10-8-15(9-11-16)20-23-17-5-3-4-6-18(17)26-20/h3-6,8-11,13H,7,12H2,1-2H3,(H,21,24)(H,22,25). The lowest BCUT2D eigenvalue weighted by molar-refractivity contribution is -0.120. The summed E-state index contributed by atoms with van der Waals surface area (Å²) in [5.74, 6) is -0.140. The van der Waals surface area contributed by atoms with Gasteiger partial charge in [-0.15, -0.1) is 11.3 Å². The zero-order valence-corrected chi connectivity index (χ0v) is 15.6. The smallest absolute Gasteiger partial charge is 0.224 e. The fraction of sp³-hybridized carbons (Fsp3) is 0.250. The maximum absolute atomic E-state index is 12.0. The van der Waals surface area contributed by atoms with Gasteiger partial charge in [0.15, 0.2) is 0 Å². The van der Waals surface area contributed by atoms with E-state index >= 15 is 0 Å². The van der Waals surface area contributed by atoms with Gasteiger partial charge < -0.3 is 10.6 Å². The summed E-state index contributed by atoms with van der Waals surface area (Å²) in [6.45, 7) is 3.37. The SMILES string of the molecule is CC(=O)NC(C)CCC(=O)Nc1ccc(-c2nc3ccccc3s2)cc1. The van der Waals surface area contributed by atoms with Gasteiger partial charge in [-0.1, -0.05) is 12.1 Å². The second-order valence-electron chi connectivity index (χ2n) is 6.25. The summed E-state index contributed by atoms with van der Waals surface area (Å²) < 4.78 is 1.16. The second-order valence-corrected chi connectivity index (χ2v) is 7.28. The van der Waals surface area contributed by atoms with Crippen LogP contribution in [0.2, 0.25) is 0 Å². The van der Waals surface area contributed by atoms with E-state index < -0.39 is 0 Å². The molecule has 1 heterocycles. The van der Waals surface area contributed by atoms with E-state index in [1.54, 1.807) is 11.3 Å². The van der Waals surface area contributed by atoms with Crippen molar-refractivity contribution in [2.24, 2.45) is 0 Å². The molecule has 2 amide bonds. The molecular weight excluding hydrogens is 346 g/mol. The van der Waals surface area contributed by atoms with E-state index in [9.17, 15) is 9.59 Å². The Morgan fingerprint density at radius 2 is 1.85 bits per heavy atom. The van der Waals surface area contributed by atoms with Crippen molar-refractivity contribution in [2.75, 3.05) is 5.32 Å². The zero-order chi connectivity index (χ0) is 18.5. The molecule has 5 nitrogen and oxygen atoms in total. The van der Waals surface area contributed by atoms with E-state index in [1.807, 2.05) is 49.4 Å². The van der Waals surface area contributed by atoms with Crippen molar-refractivity contribution in [1.82, 2.24) is 10.3 Å². The number of benzene rings is 2. The number of carbonyl (C=O) groups excluding carboxylic acids is 2. The maximum Gasteiger partial charge on any atom is 0.224 e. The molecule has 0 bridgehead atoms. The van der Waals surface area contributed by atoms with Crippen LogP contribution in [-0.4, -0.2) is 22.8 Å². The lowest BCUT2D eigenvalue weighted by Crippen LogP contribution is -2.31. The Hall–Kier alpha value is -2.73. The molecule has 0 aliphatic heterocycles. The second kappa shape index (κ2) is 8.10. The van der Waals surface area contributed by atoms with Gasteiger partial charge in [0, 0.05) is 30.6 Å². The first kappa shape index (κ1) is 18.1. The molecule has 134 valence electrons. The van der Waals surface area contributed by atoms with Gasteiger partial charge in [-0.05, 0) is 49.7 Å². The third-order valence-electron chi connectivity index (χ3n) is 3.96. The number of rotatable bonds is 6. The number of hydrogen-bond acceptors (Lipinski definition) is 4. The van der Waals surface area contributed by atoms with Crippen LogP contribution < -0.4 is 10.6 Å². The highest BCUT2D eigenvalue weighted by Gasteiger charge is 2.09. The minimum Gasteiger partial charge on any atom is -0.354 e. The van der Waals surface area contributed by atoms with Gasteiger partial charge in [0.05, 0.1) is 10.2 Å². The molecule has 2 N–H and O–H groups in total. The Labute approximate surface area is 156 Å². The van der Waals surface area contributed by atoms with E-state index in [2.05, 4.69) is 21.7 Å². The number of para-hydroxylation sites is 1. The van der Waals surface area contributed by atoms with Crippen molar-refractivity contribution in [3.8, 4) is 10.6 Å². The average molecular weight is 367 g/mol. The first-order valence-corrected chi connectivity index (χ1v) is 9.36. The number of anilines is 1. The molecule has 3 aromatic rings. The number of aromatic nitrogens is 1. The molecular formula is C20H21N3O2S. The normalized spacial score (nSPS) is 11.9. The van der Waals surface area contributed by atoms with Crippen LogP contribution >= 0.6 is 11.3 Å². The number of hydrogen-bond donors (Lipinski definition) is 2. The van der Waals surface area contributed by atoms with Crippen molar-refractivity contribution in [3.05, 3.63) is 48.5 Å². The van der Waals surface area contributed by atoms with Crippen LogP contribution in [0.5, 0.6) is 0 Å². The molecule has 0 saturated carbocycles. The number of carbonyl (C=O) groups is 2. The van der Waals surface area contributed by atoms with Crippen molar-refractivity contribution < 1.29 is 9.59 Å². The van der Waals surface area contributed by atoms with Gasteiger partial charge >= 0.3 is 0 Å². The maximum atomic E-state index is 12.0. The molecule has 0 radical (unpaired) electrons. The highest BCUT2D eigenvalue weighted by molar-refractivity contribution is 7.21. The largest absolute Gasteiger partial charge is 0.354 e. The molecule has 0 spiro atoms. The zero-order valence-electron chi connectivity index (χ0n) is 14.8. The predicted octanol–water partition coefficient (Wildman–Crippen LogP) is 4.21. The first-order chi connectivity index (χ1) is 12.5. The Kier molecular flexibility index (Phi) is 5.63. The Morgan fingerprint density at radius 3 is 2.54 bits per heavy atom. The molecule has 0 fully saturated rings. The van der Waals surface area contributed by atoms with E-state index in [1.165, 1.54) is 6.92 Å². The number of nitrogens with zero attached hydrogens (tertiary/aromatic N) is 1. The molecule has 1 aromatic heterocycles. The Bertz CT molecular complexity index is 885. The van der Waals surface area contributed by atoms with Gasteiger partial charge in [0.25, 0.3) is 0 Å². The molecule has 1 unspecified atom stereocenters. The summed E-state index contributed by atoms with van der Waals surface area (Å²) in [7, 11) is 0. The topological polar surface area (TPSA) is 71.1 Å². The van der Waals surface area contributed by atoms with E-state index in [-0.39, 0.29) is 17.9 Å². The van der Waals surface area contributed by atoms with Crippen LogP contribution in [0.15, 0.2) is 48.5 Å². The van der Waals surface area contributed by atoms with E-state index in [4.69, 9.17) is 0 Å². The quantitative estimate of drug-likeness (QED) is 0.686. The highest BCUT2D eigenvalue weighted by Crippen LogP contribution is 2.30. The number of thiazole rings is 1. The van der Waals surface area contributed by atoms with Crippen LogP contribution in [0, 0.1) is 0 Å². The summed E-state index contributed by atoms with van der Waals surface area (Å²) in [5.41, 5.74) is 2.79. The monoisotopic (exact) mass is 367 g/mol. The van der Waals surface area contributed by atoms with Crippen LogP contribution in [0.1, 0.15) is 26.7 Å². The molecule has 26 heavy (non-hydrogen) atoms. The highest BCUT2D eigenvalue weighted by atomic mass is 32.1. The van der Waals surface area contributed by atoms with Crippen LogP contribution in [0.25, 0.3) is 20.8 Å². The van der Waals surface area contributed by atoms with Crippen molar-refractivity contribution >= 4 is 39.1 Å². The number of amides is 2. The average Bonchev–Trinajstić information content (AvgIpc) is 3.04. The first-order valence-electron chi connectivity index (χ1n) is 8.54. The summed E-state index contributed by atoms with van der Waals surface area (Å²) >= 11 is 1.65. The molecule has 1 atom stereocenters. The predicted molar refractivity (Wildman–Crippen MR) is 106 cm³/mol. The van der Waals surface area contributed by atoms with Gasteiger partial charge in [0.2, 0.25) is 11.8 Å².